The maximum absolute atomic E-state index is 5.84. The molecule has 0 N–H and O–H groups in total. The summed E-state index contributed by atoms with van der Waals surface area (Å²) in [5.41, 5.74) is 0. The van der Waals surface area contributed by atoms with Crippen molar-refractivity contribution in [1.82, 2.24) is 4.90 Å². The van der Waals surface area contributed by atoms with Crippen LogP contribution in [-0.4, -0.2) is 30.4 Å². The molecule has 0 aromatic heterocycles. The van der Waals surface area contributed by atoms with Gasteiger partial charge in [-0.2, -0.15) is 0 Å². The summed E-state index contributed by atoms with van der Waals surface area (Å²) in [7, 11) is 0. The van der Waals surface area contributed by atoms with Crippen LogP contribution in [0.2, 0.25) is 0 Å². The molecule has 1 unspecified atom stereocenters. The molecule has 0 amide bonds. The molecule has 0 fully saturated rings. The second-order valence-electron chi connectivity index (χ2n) is 5.27. The molecule has 0 aromatic carbocycles. The molecule has 0 bridgehead atoms. The molecule has 1 atom stereocenters. The lowest BCUT2D eigenvalue weighted by Gasteiger charge is -2.28. The highest BCUT2D eigenvalue weighted by atomic mass is 35.5. The molecule has 0 aliphatic heterocycles. The molecule has 0 aromatic rings. The van der Waals surface area contributed by atoms with Crippen LogP contribution >= 0.6 is 11.6 Å². The maximum atomic E-state index is 5.84. The van der Waals surface area contributed by atoms with Crippen LogP contribution in [-0.2, 0) is 0 Å². The summed E-state index contributed by atoms with van der Waals surface area (Å²) < 4.78 is 0. The van der Waals surface area contributed by atoms with Crippen molar-refractivity contribution in [2.45, 2.75) is 34.6 Å². The van der Waals surface area contributed by atoms with Crippen molar-refractivity contribution < 1.29 is 0 Å². The lowest BCUT2D eigenvalue weighted by atomic mass is 10.1. The van der Waals surface area contributed by atoms with Crippen molar-refractivity contribution in [2.24, 2.45) is 17.8 Å². The Balaban J connectivity index is 3.96. The van der Waals surface area contributed by atoms with Crippen molar-refractivity contribution >= 4 is 11.6 Å². The number of nitrogens with zero attached hydrogens (tertiary/aromatic N) is 1. The van der Waals surface area contributed by atoms with E-state index < -0.39 is 0 Å². The third-order valence-corrected chi connectivity index (χ3v) is 2.61. The minimum absolute atomic E-state index is 0.606. The van der Waals surface area contributed by atoms with Gasteiger partial charge < -0.3 is 4.90 Å². The fraction of sp³-hybridized carbons (Fsp3) is 1.00. The SMILES string of the molecule is CC(C)CN(CC(C)C)CC(C)CCl. The third kappa shape index (κ3) is 7.64. The van der Waals surface area contributed by atoms with Crippen LogP contribution in [0.3, 0.4) is 0 Å². The van der Waals surface area contributed by atoms with E-state index in [1.165, 1.54) is 13.1 Å². The summed E-state index contributed by atoms with van der Waals surface area (Å²) in [4.78, 5) is 2.54. The van der Waals surface area contributed by atoms with E-state index in [0.717, 1.165) is 24.3 Å². The zero-order valence-corrected chi connectivity index (χ0v) is 11.1. The molecule has 2 heteroatoms. The fourth-order valence-electron chi connectivity index (χ4n) is 1.75. The Bertz CT molecular complexity index is 124. The van der Waals surface area contributed by atoms with Gasteiger partial charge in [0.2, 0.25) is 0 Å². The zero-order valence-electron chi connectivity index (χ0n) is 10.4. The minimum atomic E-state index is 0.606. The molecular formula is C12H26ClN. The molecule has 0 spiro atoms. The lowest BCUT2D eigenvalue weighted by Crippen LogP contribution is -2.35. The number of alkyl halides is 1. The van der Waals surface area contributed by atoms with Gasteiger partial charge in [0.05, 0.1) is 0 Å². The van der Waals surface area contributed by atoms with Gasteiger partial charge in [-0.25, -0.2) is 0 Å². The second kappa shape index (κ2) is 7.53. The molecular weight excluding hydrogens is 194 g/mol. The first kappa shape index (κ1) is 14.2. The standard InChI is InChI=1S/C12H26ClN/c1-10(2)7-14(8-11(3)4)9-12(5)6-13/h10-12H,6-9H2,1-5H3. The number of hydrogen-bond acceptors (Lipinski definition) is 1. The van der Waals surface area contributed by atoms with E-state index in [2.05, 4.69) is 39.5 Å². The van der Waals surface area contributed by atoms with Crippen LogP contribution in [0, 0.1) is 17.8 Å². The molecule has 0 saturated carbocycles. The van der Waals surface area contributed by atoms with E-state index >= 15 is 0 Å². The van der Waals surface area contributed by atoms with Crippen LogP contribution < -0.4 is 0 Å². The first-order valence-electron chi connectivity index (χ1n) is 5.74. The third-order valence-electron chi connectivity index (χ3n) is 2.08. The first-order chi connectivity index (χ1) is 6.45. The van der Waals surface area contributed by atoms with Crippen LogP contribution in [0.15, 0.2) is 0 Å². The monoisotopic (exact) mass is 219 g/mol. The smallest absolute Gasteiger partial charge is 0.0261 e. The number of halogens is 1. The molecule has 0 aliphatic carbocycles. The van der Waals surface area contributed by atoms with Crippen molar-refractivity contribution in [1.29, 1.82) is 0 Å². The topological polar surface area (TPSA) is 3.24 Å². The summed E-state index contributed by atoms with van der Waals surface area (Å²) in [6, 6.07) is 0. The summed E-state index contributed by atoms with van der Waals surface area (Å²) >= 11 is 5.84. The Labute approximate surface area is 94.8 Å². The Kier molecular flexibility index (Phi) is 7.66. The maximum Gasteiger partial charge on any atom is 0.0261 e. The number of hydrogen-bond donors (Lipinski definition) is 0. The Morgan fingerprint density at radius 2 is 1.29 bits per heavy atom. The Morgan fingerprint density at radius 3 is 1.57 bits per heavy atom. The van der Waals surface area contributed by atoms with E-state index in [1.54, 1.807) is 0 Å². The van der Waals surface area contributed by atoms with Crippen molar-refractivity contribution in [3.63, 3.8) is 0 Å². The van der Waals surface area contributed by atoms with Gasteiger partial charge in [0.25, 0.3) is 0 Å². The summed E-state index contributed by atoms with van der Waals surface area (Å²) in [6.07, 6.45) is 0. The van der Waals surface area contributed by atoms with Crippen LogP contribution in [0.25, 0.3) is 0 Å². The summed E-state index contributed by atoms with van der Waals surface area (Å²) in [5, 5.41) is 0. The lowest BCUT2D eigenvalue weighted by molar-refractivity contribution is 0.198. The van der Waals surface area contributed by atoms with Gasteiger partial charge in [0, 0.05) is 25.5 Å². The van der Waals surface area contributed by atoms with Crippen LogP contribution in [0.4, 0.5) is 0 Å². The van der Waals surface area contributed by atoms with Gasteiger partial charge in [-0.1, -0.05) is 34.6 Å². The van der Waals surface area contributed by atoms with E-state index in [4.69, 9.17) is 11.6 Å². The van der Waals surface area contributed by atoms with Crippen molar-refractivity contribution in [3.05, 3.63) is 0 Å². The average molecular weight is 220 g/mol. The minimum Gasteiger partial charge on any atom is -0.303 e. The van der Waals surface area contributed by atoms with Gasteiger partial charge in [0.1, 0.15) is 0 Å². The van der Waals surface area contributed by atoms with Crippen molar-refractivity contribution in [3.8, 4) is 0 Å². The van der Waals surface area contributed by atoms with E-state index in [0.29, 0.717) is 5.92 Å². The van der Waals surface area contributed by atoms with E-state index in [9.17, 15) is 0 Å². The van der Waals surface area contributed by atoms with E-state index in [1.807, 2.05) is 0 Å². The molecule has 14 heavy (non-hydrogen) atoms. The second-order valence-corrected chi connectivity index (χ2v) is 5.57. The number of rotatable bonds is 7. The van der Waals surface area contributed by atoms with Gasteiger partial charge in [0.15, 0.2) is 0 Å². The highest BCUT2D eigenvalue weighted by molar-refractivity contribution is 6.18. The summed E-state index contributed by atoms with van der Waals surface area (Å²) in [5.74, 6) is 2.87. The molecule has 1 nitrogen and oxygen atoms in total. The average Bonchev–Trinajstić information content (AvgIpc) is 2.01. The van der Waals surface area contributed by atoms with Crippen LogP contribution in [0.5, 0.6) is 0 Å². The predicted molar refractivity (Wildman–Crippen MR) is 66.0 cm³/mol. The van der Waals surface area contributed by atoms with Gasteiger partial charge in [-0.05, 0) is 17.8 Å². The molecule has 86 valence electrons. The Hall–Kier alpha value is 0.250. The highest BCUT2D eigenvalue weighted by Crippen LogP contribution is 2.08. The molecule has 0 aliphatic rings. The fourth-order valence-corrected chi connectivity index (χ4v) is 1.84. The van der Waals surface area contributed by atoms with Gasteiger partial charge in [-0.3, -0.25) is 0 Å². The molecule has 0 saturated heterocycles. The van der Waals surface area contributed by atoms with E-state index in [-0.39, 0.29) is 0 Å². The zero-order chi connectivity index (χ0) is 11.1. The molecule has 0 rings (SSSR count). The summed E-state index contributed by atoms with van der Waals surface area (Å²) in [6.45, 7) is 14.9. The van der Waals surface area contributed by atoms with Gasteiger partial charge in [-0.15, -0.1) is 11.6 Å². The predicted octanol–water partition coefficient (Wildman–Crippen LogP) is 3.48. The van der Waals surface area contributed by atoms with Crippen molar-refractivity contribution in [2.75, 3.05) is 25.5 Å². The quantitative estimate of drug-likeness (QED) is 0.593. The highest BCUT2D eigenvalue weighted by Gasteiger charge is 2.12. The largest absolute Gasteiger partial charge is 0.303 e. The van der Waals surface area contributed by atoms with Crippen LogP contribution in [0.1, 0.15) is 34.6 Å². The first-order valence-corrected chi connectivity index (χ1v) is 6.27. The Morgan fingerprint density at radius 1 is 0.857 bits per heavy atom. The molecule has 0 radical (unpaired) electrons. The van der Waals surface area contributed by atoms with Gasteiger partial charge >= 0.3 is 0 Å². The molecule has 0 heterocycles. The normalized spacial score (nSPS) is 14.4.